The van der Waals surface area contributed by atoms with E-state index in [1.54, 1.807) is 55.6 Å². The Labute approximate surface area is 141 Å². The summed E-state index contributed by atoms with van der Waals surface area (Å²) in [6.45, 7) is 0.294. The highest BCUT2D eigenvalue weighted by Crippen LogP contribution is 2.42. The van der Waals surface area contributed by atoms with Gasteiger partial charge in [0.15, 0.2) is 0 Å². The predicted octanol–water partition coefficient (Wildman–Crippen LogP) is 1.84. The number of rotatable bonds is 5. The number of hydrogen-bond donors (Lipinski definition) is 2. The van der Waals surface area contributed by atoms with Crippen molar-refractivity contribution in [3.05, 3.63) is 54.6 Å². The molecular formula is C17H20N2O4S. The normalized spacial score (nSPS) is 20.1. The molecule has 0 spiro atoms. The molecule has 128 valence electrons. The van der Waals surface area contributed by atoms with Crippen LogP contribution in [-0.2, 0) is 10.0 Å². The van der Waals surface area contributed by atoms with E-state index in [0.29, 0.717) is 23.7 Å². The van der Waals surface area contributed by atoms with E-state index in [-0.39, 0.29) is 6.42 Å². The maximum Gasteiger partial charge on any atom is 0.278 e. The minimum absolute atomic E-state index is 0.0131. The Morgan fingerprint density at radius 3 is 2.54 bits per heavy atom. The molecule has 1 heterocycles. The Morgan fingerprint density at radius 1 is 1.17 bits per heavy atom. The zero-order chi connectivity index (χ0) is 17.2. The van der Waals surface area contributed by atoms with Crippen LogP contribution >= 0.6 is 0 Å². The minimum Gasteiger partial charge on any atom is -0.470 e. The van der Waals surface area contributed by atoms with E-state index >= 15 is 0 Å². The molecule has 1 aliphatic rings. The highest BCUT2D eigenvalue weighted by atomic mass is 32.2. The number of aliphatic hydroxyl groups excluding tert-OH is 1. The van der Waals surface area contributed by atoms with Crippen molar-refractivity contribution in [2.75, 3.05) is 17.9 Å². The Bertz CT molecular complexity index is 795. The third-order valence-corrected chi connectivity index (χ3v) is 5.69. The highest BCUT2D eigenvalue weighted by molar-refractivity contribution is 7.93. The lowest BCUT2D eigenvalue weighted by atomic mass is 10.2. The number of anilines is 2. The molecule has 2 N–H and O–H groups in total. The van der Waals surface area contributed by atoms with Gasteiger partial charge in [-0.1, -0.05) is 30.3 Å². The third kappa shape index (κ3) is 3.10. The van der Waals surface area contributed by atoms with Crippen molar-refractivity contribution in [1.29, 1.82) is 0 Å². The van der Waals surface area contributed by atoms with Gasteiger partial charge in [-0.15, -0.1) is 0 Å². The van der Waals surface area contributed by atoms with Crippen LogP contribution in [0.5, 0.6) is 5.75 Å². The van der Waals surface area contributed by atoms with Gasteiger partial charge in [-0.25, -0.2) is 12.7 Å². The molecule has 2 aromatic rings. The quantitative estimate of drug-likeness (QED) is 0.862. The molecule has 0 fully saturated rings. The fourth-order valence-electron chi connectivity index (χ4n) is 2.74. The van der Waals surface area contributed by atoms with Crippen LogP contribution in [0.3, 0.4) is 0 Å². The van der Waals surface area contributed by atoms with Crippen LogP contribution in [0, 0.1) is 0 Å². The average Bonchev–Trinajstić information content (AvgIpc) is 2.56. The number of para-hydroxylation sites is 3. The molecule has 0 bridgehead atoms. The number of nitrogens with one attached hydrogen (secondary N) is 1. The van der Waals surface area contributed by atoms with Gasteiger partial charge < -0.3 is 15.2 Å². The van der Waals surface area contributed by atoms with Crippen LogP contribution < -0.4 is 14.4 Å². The van der Waals surface area contributed by atoms with Crippen molar-refractivity contribution in [2.24, 2.45) is 0 Å². The van der Waals surface area contributed by atoms with Gasteiger partial charge in [0.25, 0.3) is 10.0 Å². The second-order valence-electron chi connectivity index (χ2n) is 5.61. The molecule has 2 atom stereocenters. The summed E-state index contributed by atoms with van der Waals surface area (Å²) in [5.41, 5.74) is -0.125. The Kier molecular flexibility index (Phi) is 4.75. The first-order chi connectivity index (χ1) is 11.5. The molecule has 0 saturated carbocycles. The fourth-order valence-corrected chi connectivity index (χ4v) is 4.51. The summed E-state index contributed by atoms with van der Waals surface area (Å²) in [4.78, 5) is 0. The summed E-state index contributed by atoms with van der Waals surface area (Å²) >= 11 is 0. The van der Waals surface area contributed by atoms with Crippen molar-refractivity contribution >= 4 is 21.4 Å². The van der Waals surface area contributed by atoms with E-state index in [9.17, 15) is 13.5 Å². The lowest BCUT2D eigenvalue weighted by Crippen LogP contribution is -2.45. The molecule has 2 aromatic carbocycles. The lowest BCUT2D eigenvalue weighted by molar-refractivity contribution is 0.124. The molecule has 7 heteroatoms. The number of benzene rings is 2. The molecule has 6 nitrogen and oxygen atoms in total. The second-order valence-corrected chi connectivity index (χ2v) is 7.53. The first-order valence-electron chi connectivity index (χ1n) is 7.71. The molecule has 3 rings (SSSR count). The number of fused-ring (bicyclic) bond motifs is 1. The molecule has 24 heavy (non-hydrogen) atoms. The van der Waals surface area contributed by atoms with Crippen molar-refractivity contribution in [3.63, 3.8) is 0 Å². The van der Waals surface area contributed by atoms with Crippen molar-refractivity contribution < 1.29 is 18.3 Å². The number of ether oxygens (including phenoxy) is 1. The number of aliphatic hydroxyl groups is 1. The fraction of sp³-hybridized carbons (Fsp3) is 0.294. The van der Waals surface area contributed by atoms with E-state index in [1.165, 1.54) is 4.31 Å². The maximum absolute atomic E-state index is 13.1. The van der Waals surface area contributed by atoms with E-state index in [4.69, 9.17) is 4.74 Å². The van der Waals surface area contributed by atoms with E-state index in [0.717, 1.165) is 0 Å². The highest BCUT2D eigenvalue weighted by Gasteiger charge is 2.41. The lowest BCUT2D eigenvalue weighted by Gasteiger charge is -2.36. The number of sulfonamides is 1. The van der Waals surface area contributed by atoms with Gasteiger partial charge in [-0.05, 0) is 31.3 Å². The molecule has 0 aliphatic carbocycles. The van der Waals surface area contributed by atoms with Gasteiger partial charge in [-0.2, -0.15) is 0 Å². The van der Waals surface area contributed by atoms with Crippen LogP contribution in [0.25, 0.3) is 0 Å². The number of nitrogens with zero attached hydrogens (tertiary/aromatic N) is 1. The molecule has 0 unspecified atom stereocenters. The zero-order valence-corrected chi connectivity index (χ0v) is 14.1. The molecular weight excluding hydrogens is 328 g/mol. The van der Waals surface area contributed by atoms with Gasteiger partial charge in [0, 0.05) is 13.0 Å². The van der Waals surface area contributed by atoms with Crippen molar-refractivity contribution in [1.82, 2.24) is 5.32 Å². The van der Waals surface area contributed by atoms with Crippen molar-refractivity contribution in [2.45, 2.75) is 18.0 Å². The van der Waals surface area contributed by atoms with Gasteiger partial charge in [0.05, 0.1) is 17.5 Å². The largest absolute Gasteiger partial charge is 0.470 e. The van der Waals surface area contributed by atoms with E-state index in [1.807, 2.05) is 6.07 Å². The van der Waals surface area contributed by atoms with Crippen LogP contribution in [0.15, 0.2) is 54.6 Å². The molecule has 0 amide bonds. The van der Waals surface area contributed by atoms with Crippen LogP contribution in [0.2, 0.25) is 0 Å². The standard InChI is InChI=1S/C17H20N2O4S/c1-18-12-14(20)11-17-23-16-10-6-5-9-15(16)19(24(17,21)22)13-7-3-2-4-8-13/h2-10,14,17-18,20H,11-12H2,1H3/t14-,17-/m1/s1. The molecule has 0 aromatic heterocycles. The smallest absolute Gasteiger partial charge is 0.278 e. The van der Waals surface area contributed by atoms with Crippen LogP contribution in [0.1, 0.15) is 6.42 Å². The van der Waals surface area contributed by atoms with Gasteiger partial charge in [0.2, 0.25) is 5.44 Å². The summed E-state index contributed by atoms with van der Waals surface area (Å²) in [6.07, 6.45) is -0.835. The average molecular weight is 348 g/mol. The maximum atomic E-state index is 13.1. The predicted molar refractivity (Wildman–Crippen MR) is 92.9 cm³/mol. The number of hydrogen-bond acceptors (Lipinski definition) is 5. The Morgan fingerprint density at radius 2 is 1.83 bits per heavy atom. The van der Waals surface area contributed by atoms with Crippen molar-refractivity contribution in [3.8, 4) is 5.75 Å². The first kappa shape index (κ1) is 16.8. The summed E-state index contributed by atoms with van der Waals surface area (Å²) in [7, 11) is -2.12. The number of likely N-dealkylation sites (N-methyl/N-ethyl adjacent to an activating group) is 1. The molecule has 0 saturated heterocycles. The minimum atomic E-state index is -3.82. The van der Waals surface area contributed by atoms with Gasteiger partial charge in [-0.3, -0.25) is 0 Å². The SMILES string of the molecule is CNC[C@H](O)C[C@@H]1Oc2ccccc2N(c2ccccc2)S1(=O)=O. The molecule has 0 radical (unpaired) electrons. The summed E-state index contributed by atoms with van der Waals surface area (Å²) in [6, 6.07) is 15.9. The summed E-state index contributed by atoms with van der Waals surface area (Å²) in [5, 5.41) is 12.8. The zero-order valence-electron chi connectivity index (χ0n) is 13.3. The summed E-state index contributed by atoms with van der Waals surface area (Å²) < 4.78 is 33.2. The second kappa shape index (κ2) is 6.80. The van der Waals surface area contributed by atoms with Crippen LogP contribution in [-0.4, -0.2) is 38.7 Å². The van der Waals surface area contributed by atoms with E-state index < -0.39 is 21.6 Å². The topological polar surface area (TPSA) is 78.9 Å². The third-order valence-electron chi connectivity index (χ3n) is 3.82. The molecule has 1 aliphatic heterocycles. The van der Waals surface area contributed by atoms with Crippen LogP contribution in [0.4, 0.5) is 11.4 Å². The van der Waals surface area contributed by atoms with E-state index in [2.05, 4.69) is 5.32 Å². The summed E-state index contributed by atoms with van der Waals surface area (Å²) in [5.74, 6) is 0.484. The Hall–Kier alpha value is -2.09. The Balaban J connectivity index is 2.05. The van der Waals surface area contributed by atoms with Gasteiger partial charge in [0.1, 0.15) is 5.75 Å². The first-order valence-corrected chi connectivity index (χ1v) is 9.22. The van der Waals surface area contributed by atoms with Gasteiger partial charge >= 0.3 is 0 Å². The monoisotopic (exact) mass is 348 g/mol.